The maximum atomic E-state index is 13.2. The first-order chi connectivity index (χ1) is 14.5. The van der Waals surface area contributed by atoms with E-state index in [1.54, 1.807) is 10.6 Å². The molecule has 1 fully saturated rings. The number of fused-ring (bicyclic) bond motifs is 3. The Morgan fingerprint density at radius 2 is 1.77 bits per heavy atom. The first-order valence-electron chi connectivity index (χ1n) is 10.1. The Balaban J connectivity index is 1.66. The Morgan fingerprint density at radius 1 is 0.967 bits per heavy atom. The van der Waals surface area contributed by atoms with Crippen molar-refractivity contribution in [2.24, 2.45) is 0 Å². The highest BCUT2D eigenvalue weighted by molar-refractivity contribution is 5.93. The number of halogens is 3. The number of aromatic nitrogens is 4. The maximum absolute atomic E-state index is 13.2. The van der Waals surface area contributed by atoms with Crippen LogP contribution in [0.15, 0.2) is 48.5 Å². The molecule has 0 saturated heterocycles. The van der Waals surface area contributed by atoms with Gasteiger partial charge in [-0.15, -0.1) is 5.10 Å². The molecular weight excluding hydrogens is 391 g/mol. The van der Waals surface area contributed by atoms with Gasteiger partial charge in [0.25, 0.3) is 0 Å². The van der Waals surface area contributed by atoms with Crippen LogP contribution < -0.4 is 5.32 Å². The number of hydrogen-bond donors (Lipinski definition) is 1. The topological polar surface area (TPSA) is 55.1 Å². The number of alkyl halides is 3. The number of hydrogen-bond acceptors (Lipinski definition) is 4. The highest BCUT2D eigenvalue weighted by Gasteiger charge is 2.31. The number of nitrogens with one attached hydrogen (secondary N) is 1. The van der Waals surface area contributed by atoms with Crippen LogP contribution in [0.2, 0.25) is 0 Å². The smallest absolute Gasteiger partial charge is 0.367 e. The Bertz CT molecular complexity index is 1210. The fraction of sp³-hybridized carbons (Fsp3) is 0.318. The molecule has 1 saturated carbocycles. The van der Waals surface area contributed by atoms with Gasteiger partial charge in [-0.05, 0) is 37.1 Å². The van der Waals surface area contributed by atoms with Gasteiger partial charge >= 0.3 is 6.18 Å². The van der Waals surface area contributed by atoms with Gasteiger partial charge in [-0.1, -0.05) is 48.7 Å². The molecule has 8 heteroatoms. The summed E-state index contributed by atoms with van der Waals surface area (Å²) in [7, 11) is 0. The number of anilines is 1. The molecule has 1 N–H and O–H groups in total. The molecule has 2 heterocycles. The average Bonchev–Trinajstić information content (AvgIpc) is 3.18. The zero-order valence-corrected chi connectivity index (χ0v) is 16.2. The summed E-state index contributed by atoms with van der Waals surface area (Å²) in [4.78, 5) is 4.77. The summed E-state index contributed by atoms with van der Waals surface area (Å²) in [5, 5.41) is 12.9. The monoisotopic (exact) mass is 411 g/mol. The van der Waals surface area contributed by atoms with Gasteiger partial charge in [-0.25, -0.2) is 4.98 Å². The number of para-hydroxylation sites is 1. The van der Waals surface area contributed by atoms with Crippen LogP contribution in [0.5, 0.6) is 0 Å². The quantitative estimate of drug-likeness (QED) is 0.469. The molecule has 0 bridgehead atoms. The molecular formula is C22H20F3N5. The van der Waals surface area contributed by atoms with Crippen molar-refractivity contribution in [3.8, 4) is 11.3 Å². The van der Waals surface area contributed by atoms with Crippen molar-refractivity contribution in [3.05, 3.63) is 54.1 Å². The summed E-state index contributed by atoms with van der Waals surface area (Å²) >= 11 is 0. The van der Waals surface area contributed by atoms with E-state index < -0.39 is 11.7 Å². The highest BCUT2D eigenvalue weighted by Crippen LogP contribution is 2.34. The van der Waals surface area contributed by atoms with E-state index in [2.05, 4.69) is 15.6 Å². The molecule has 2 aromatic carbocycles. The Hall–Kier alpha value is -3.16. The lowest BCUT2D eigenvalue weighted by molar-refractivity contribution is -0.137. The third-order valence-corrected chi connectivity index (χ3v) is 5.66. The van der Waals surface area contributed by atoms with E-state index in [-0.39, 0.29) is 0 Å². The second kappa shape index (κ2) is 7.27. The first kappa shape index (κ1) is 18.8. The van der Waals surface area contributed by atoms with Crippen molar-refractivity contribution < 1.29 is 13.2 Å². The molecule has 0 aliphatic heterocycles. The van der Waals surface area contributed by atoms with Gasteiger partial charge in [0.05, 0.1) is 11.1 Å². The lowest BCUT2D eigenvalue weighted by Gasteiger charge is -2.24. The van der Waals surface area contributed by atoms with Crippen molar-refractivity contribution in [1.82, 2.24) is 19.8 Å². The molecule has 4 aromatic rings. The third kappa shape index (κ3) is 3.36. The van der Waals surface area contributed by atoms with Crippen LogP contribution in [0, 0.1) is 0 Å². The number of rotatable bonds is 3. The Morgan fingerprint density at radius 3 is 2.57 bits per heavy atom. The molecule has 1 aliphatic rings. The van der Waals surface area contributed by atoms with E-state index in [9.17, 15) is 13.2 Å². The van der Waals surface area contributed by atoms with E-state index in [0.717, 1.165) is 41.7 Å². The van der Waals surface area contributed by atoms with Crippen LogP contribution in [0.1, 0.15) is 37.7 Å². The minimum Gasteiger partial charge on any atom is -0.367 e. The average molecular weight is 411 g/mol. The van der Waals surface area contributed by atoms with Gasteiger partial charge in [0.2, 0.25) is 0 Å². The Labute approximate surface area is 170 Å². The number of nitrogens with zero attached hydrogens (tertiary/aromatic N) is 4. The van der Waals surface area contributed by atoms with Crippen LogP contribution in [-0.2, 0) is 6.18 Å². The summed E-state index contributed by atoms with van der Waals surface area (Å²) in [6, 6.07) is 13.2. The molecule has 154 valence electrons. The van der Waals surface area contributed by atoms with E-state index in [4.69, 9.17) is 4.98 Å². The van der Waals surface area contributed by atoms with Gasteiger partial charge in [0.15, 0.2) is 5.65 Å². The molecule has 0 spiro atoms. The van der Waals surface area contributed by atoms with Crippen molar-refractivity contribution in [3.63, 3.8) is 0 Å². The molecule has 0 unspecified atom stereocenters. The first-order valence-corrected chi connectivity index (χ1v) is 10.1. The lowest BCUT2D eigenvalue weighted by Crippen LogP contribution is -2.23. The minimum absolute atomic E-state index is 0.332. The van der Waals surface area contributed by atoms with Gasteiger partial charge in [-0.3, -0.25) is 0 Å². The molecule has 2 aromatic heterocycles. The molecule has 0 amide bonds. The second-order valence-corrected chi connectivity index (χ2v) is 7.71. The molecule has 0 radical (unpaired) electrons. The summed E-state index contributed by atoms with van der Waals surface area (Å²) in [5.74, 6) is 0.723. The molecule has 30 heavy (non-hydrogen) atoms. The maximum Gasteiger partial charge on any atom is 0.416 e. The fourth-order valence-electron chi connectivity index (χ4n) is 4.14. The number of benzene rings is 2. The van der Waals surface area contributed by atoms with Crippen LogP contribution in [0.3, 0.4) is 0 Å². The van der Waals surface area contributed by atoms with Crippen molar-refractivity contribution >= 4 is 22.4 Å². The fourth-order valence-corrected chi connectivity index (χ4v) is 4.14. The predicted molar refractivity (Wildman–Crippen MR) is 109 cm³/mol. The van der Waals surface area contributed by atoms with Gasteiger partial charge in [-0.2, -0.15) is 17.7 Å². The van der Waals surface area contributed by atoms with Crippen molar-refractivity contribution in [1.29, 1.82) is 0 Å². The Kier molecular flexibility index (Phi) is 4.56. The van der Waals surface area contributed by atoms with Crippen molar-refractivity contribution in [2.75, 3.05) is 5.32 Å². The van der Waals surface area contributed by atoms with Crippen molar-refractivity contribution in [2.45, 2.75) is 44.3 Å². The lowest BCUT2D eigenvalue weighted by atomic mass is 9.95. The molecule has 1 aliphatic carbocycles. The SMILES string of the molecule is FC(F)(F)c1cccc(-c2nnn3c2nc(NC2CCCCC2)c2ccccc23)c1. The van der Waals surface area contributed by atoms with Gasteiger partial charge in [0.1, 0.15) is 11.5 Å². The van der Waals surface area contributed by atoms with Gasteiger partial charge < -0.3 is 5.32 Å². The van der Waals surface area contributed by atoms with Crippen LogP contribution >= 0.6 is 0 Å². The molecule has 5 nitrogen and oxygen atoms in total. The second-order valence-electron chi connectivity index (χ2n) is 7.71. The summed E-state index contributed by atoms with van der Waals surface area (Å²) in [6.07, 6.45) is 1.35. The van der Waals surface area contributed by atoms with Crippen LogP contribution in [0.25, 0.3) is 27.8 Å². The molecule has 0 atom stereocenters. The minimum atomic E-state index is -4.42. The van der Waals surface area contributed by atoms with E-state index in [1.807, 2.05) is 24.3 Å². The van der Waals surface area contributed by atoms with E-state index in [1.165, 1.54) is 25.3 Å². The summed E-state index contributed by atoms with van der Waals surface area (Å²) in [5.41, 5.74) is 1.20. The largest absolute Gasteiger partial charge is 0.416 e. The summed E-state index contributed by atoms with van der Waals surface area (Å²) in [6.45, 7) is 0. The molecule has 5 rings (SSSR count). The predicted octanol–water partition coefficient (Wildman–Crippen LogP) is 5.71. The van der Waals surface area contributed by atoms with Crippen LogP contribution in [0.4, 0.5) is 19.0 Å². The zero-order chi connectivity index (χ0) is 20.7. The highest BCUT2D eigenvalue weighted by atomic mass is 19.4. The zero-order valence-electron chi connectivity index (χ0n) is 16.2. The summed E-state index contributed by atoms with van der Waals surface area (Å²) < 4.78 is 41.2. The van der Waals surface area contributed by atoms with E-state index >= 15 is 0 Å². The third-order valence-electron chi connectivity index (χ3n) is 5.66. The van der Waals surface area contributed by atoms with E-state index in [0.29, 0.717) is 22.9 Å². The van der Waals surface area contributed by atoms with Crippen LogP contribution in [-0.4, -0.2) is 25.9 Å². The standard InChI is InChI=1S/C22H20F3N5/c23-22(24,25)15-8-6-7-14(13-15)19-21-27-20(26-16-9-2-1-3-10-16)17-11-4-5-12-18(17)30(21)29-28-19/h4-8,11-13,16H,1-3,9-10H2,(H,26,27). The van der Waals surface area contributed by atoms with Gasteiger partial charge in [0, 0.05) is 17.0 Å². The normalized spacial score (nSPS) is 15.7.